The molecule has 1 amide bonds. The van der Waals surface area contributed by atoms with Crippen LogP contribution in [0.2, 0.25) is 0 Å². The van der Waals surface area contributed by atoms with Gasteiger partial charge in [-0.2, -0.15) is 0 Å². The zero-order valence-electron chi connectivity index (χ0n) is 11.7. The van der Waals surface area contributed by atoms with Crippen LogP contribution < -0.4 is 5.32 Å². The lowest BCUT2D eigenvalue weighted by Gasteiger charge is -2.35. The first kappa shape index (κ1) is 14.9. The fourth-order valence-electron chi connectivity index (χ4n) is 2.65. The van der Waals surface area contributed by atoms with Crippen LogP contribution in [-0.2, 0) is 0 Å². The fraction of sp³-hybridized carbons (Fsp3) is 0.600. The van der Waals surface area contributed by atoms with Crippen molar-refractivity contribution in [2.75, 3.05) is 6.54 Å². The van der Waals surface area contributed by atoms with Crippen molar-refractivity contribution in [2.45, 2.75) is 44.6 Å². The third-order valence-corrected chi connectivity index (χ3v) is 4.15. The van der Waals surface area contributed by atoms with Crippen molar-refractivity contribution in [1.82, 2.24) is 10.3 Å². The zero-order valence-corrected chi connectivity index (χ0v) is 11.7. The molecule has 0 bridgehead atoms. The fourth-order valence-corrected chi connectivity index (χ4v) is 2.65. The largest absolute Gasteiger partial charge is 0.388 e. The molecular weight excluding hydrogens is 259 g/mol. The predicted octanol–water partition coefficient (Wildman–Crippen LogP) is 2.28. The van der Waals surface area contributed by atoms with E-state index in [0.717, 1.165) is 25.5 Å². The minimum Gasteiger partial charge on any atom is -0.388 e. The summed E-state index contributed by atoms with van der Waals surface area (Å²) in [4.78, 5) is 15.6. The first-order chi connectivity index (χ1) is 9.52. The predicted molar refractivity (Wildman–Crippen MR) is 73.7 cm³/mol. The summed E-state index contributed by atoms with van der Waals surface area (Å²) in [6.45, 7) is 2.39. The van der Waals surface area contributed by atoms with Crippen LogP contribution in [0.25, 0.3) is 0 Å². The highest BCUT2D eigenvalue weighted by molar-refractivity contribution is 5.92. The molecule has 1 saturated carbocycles. The van der Waals surface area contributed by atoms with Crippen LogP contribution in [0, 0.1) is 11.7 Å². The summed E-state index contributed by atoms with van der Waals surface area (Å²) in [5.41, 5.74) is -0.654. The molecule has 2 N–H and O–H groups in total. The Morgan fingerprint density at radius 1 is 1.50 bits per heavy atom. The highest BCUT2D eigenvalue weighted by atomic mass is 19.1. The van der Waals surface area contributed by atoms with E-state index >= 15 is 0 Å². The molecule has 4 nitrogen and oxygen atoms in total. The molecule has 0 spiro atoms. The van der Waals surface area contributed by atoms with Crippen molar-refractivity contribution in [3.05, 3.63) is 29.8 Å². The van der Waals surface area contributed by atoms with Crippen LogP contribution in [0.15, 0.2) is 18.3 Å². The molecule has 1 heterocycles. The van der Waals surface area contributed by atoms with Crippen molar-refractivity contribution >= 4 is 5.91 Å². The van der Waals surface area contributed by atoms with E-state index in [4.69, 9.17) is 0 Å². The van der Waals surface area contributed by atoms with Crippen molar-refractivity contribution in [1.29, 1.82) is 0 Å². The lowest BCUT2D eigenvalue weighted by atomic mass is 9.78. The van der Waals surface area contributed by atoms with Crippen molar-refractivity contribution < 1.29 is 14.3 Å². The normalized spacial score (nSPS) is 26.2. The first-order valence-corrected chi connectivity index (χ1v) is 7.14. The van der Waals surface area contributed by atoms with E-state index in [0.29, 0.717) is 18.8 Å². The number of carbonyl (C=O) groups is 1. The van der Waals surface area contributed by atoms with Crippen molar-refractivity contribution in [3.8, 4) is 0 Å². The van der Waals surface area contributed by atoms with Gasteiger partial charge >= 0.3 is 0 Å². The third kappa shape index (κ3) is 3.76. The summed E-state index contributed by atoms with van der Waals surface area (Å²) in [6.07, 6.45) is 5.57. The van der Waals surface area contributed by atoms with Gasteiger partial charge in [0.05, 0.1) is 11.8 Å². The van der Waals surface area contributed by atoms with Crippen LogP contribution in [0.3, 0.4) is 0 Å². The Morgan fingerprint density at radius 3 is 2.75 bits per heavy atom. The number of hydrogen-bond donors (Lipinski definition) is 2. The molecule has 20 heavy (non-hydrogen) atoms. The van der Waals surface area contributed by atoms with Gasteiger partial charge in [0.1, 0.15) is 11.5 Å². The number of aliphatic hydroxyl groups is 1. The minimum absolute atomic E-state index is 0.164. The van der Waals surface area contributed by atoms with Gasteiger partial charge in [-0.15, -0.1) is 0 Å². The molecule has 110 valence electrons. The molecule has 1 aromatic rings. The molecule has 1 aliphatic carbocycles. The Morgan fingerprint density at radius 2 is 2.20 bits per heavy atom. The molecular formula is C15H21FN2O2. The standard InChI is InChI=1S/C15H21FN2O2/c1-2-11-5-7-15(20,8-6-11)10-18-14(19)13-4-3-12(16)9-17-13/h3-4,9,11,20H,2,5-8,10H2,1H3,(H,18,19). The SMILES string of the molecule is CCC1CCC(O)(CNC(=O)c2ccc(F)cn2)CC1. The smallest absolute Gasteiger partial charge is 0.269 e. The van der Waals surface area contributed by atoms with Gasteiger partial charge in [-0.3, -0.25) is 4.79 Å². The Bertz CT molecular complexity index is 453. The number of pyridine rings is 1. The van der Waals surface area contributed by atoms with Crippen molar-refractivity contribution in [2.24, 2.45) is 5.92 Å². The lowest BCUT2D eigenvalue weighted by Crippen LogP contribution is -2.45. The summed E-state index contributed by atoms with van der Waals surface area (Å²) in [6, 6.07) is 2.53. The van der Waals surface area contributed by atoms with Gasteiger partial charge in [0.25, 0.3) is 5.91 Å². The monoisotopic (exact) mass is 280 g/mol. The summed E-state index contributed by atoms with van der Waals surface area (Å²) >= 11 is 0. The number of nitrogens with zero attached hydrogens (tertiary/aromatic N) is 1. The number of aromatic nitrogens is 1. The van der Waals surface area contributed by atoms with Gasteiger partial charge in [-0.05, 0) is 43.7 Å². The number of rotatable bonds is 4. The third-order valence-electron chi connectivity index (χ3n) is 4.15. The van der Waals surface area contributed by atoms with E-state index in [-0.39, 0.29) is 18.1 Å². The maximum Gasteiger partial charge on any atom is 0.269 e. The Kier molecular flexibility index (Phi) is 4.70. The van der Waals surface area contributed by atoms with E-state index in [1.165, 1.54) is 12.1 Å². The molecule has 0 radical (unpaired) electrons. The summed E-state index contributed by atoms with van der Waals surface area (Å²) in [5.74, 6) is -0.168. The summed E-state index contributed by atoms with van der Waals surface area (Å²) < 4.78 is 12.7. The number of halogens is 1. The molecule has 0 aromatic carbocycles. The van der Waals surface area contributed by atoms with Gasteiger partial charge in [0.15, 0.2) is 0 Å². The molecule has 0 saturated heterocycles. The number of hydrogen-bond acceptors (Lipinski definition) is 3. The molecule has 1 aromatic heterocycles. The van der Waals surface area contributed by atoms with Gasteiger partial charge in [-0.1, -0.05) is 13.3 Å². The van der Waals surface area contributed by atoms with Crippen LogP contribution in [0.4, 0.5) is 4.39 Å². The van der Waals surface area contributed by atoms with E-state index in [1.54, 1.807) is 0 Å². The Balaban J connectivity index is 1.85. The second-order valence-electron chi connectivity index (χ2n) is 5.62. The average molecular weight is 280 g/mol. The van der Waals surface area contributed by atoms with E-state index in [2.05, 4.69) is 17.2 Å². The quantitative estimate of drug-likeness (QED) is 0.889. The number of nitrogens with one attached hydrogen (secondary N) is 1. The first-order valence-electron chi connectivity index (χ1n) is 7.14. The highest BCUT2D eigenvalue weighted by Crippen LogP contribution is 2.33. The topological polar surface area (TPSA) is 62.2 Å². The van der Waals surface area contributed by atoms with Crippen LogP contribution in [-0.4, -0.2) is 28.1 Å². The lowest BCUT2D eigenvalue weighted by molar-refractivity contribution is -0.00790. The summed E-state index contributed by atoms with van der Waals surface area (Å²) in [7, 11) is 0. The van der Waals surface area contributed by atoms with E-state index < -0.39 is 11.4 Å². The van der Waals surface area contributed by atoms with Gasteiger partial charge in [-0.25, -0.2) is 9.37 Å². The van der Waals surface area contributed by atoms with Gasteiger partial charge < -0.3 is 10.4 Å². The maximum absolute atomic E-state index is 12.7. The van der Waals surface area contributed by atoms with Crippen molar-refractivity contribution in [3.63, 3.8) is 0 Å². The molecule has 2 rings (SSSR count). The van der Waals surface area contributed by atoms with Crippen LogP contribution in [0.1, 0.15) is 49.5 Å². The Hall–Kier alpha value is -1.49. The number of carbonyl (C=O) groups excluding carboxylic acids is 1. The molecule has 0 unspecified atom stereocenters. The molecule has 0 atom stereocenters. The second kappa shape index (κ2) is 6.31. The maximum atomic E-state index is 12.7. The molecule has 5 heteroatoms. The molecule has 1 fully saturated rings. The van der Waals surface area contributed by atoms with Gasteiger partial charge in [0, 0.05) is 6.54 Å². The molecule has 0 aliphatic heterocycles. The van der Waals surface area contributed by atoms with E-state index in [9.17, 15) is 14.3 Å². The highest BCUT2D eigenvalue weighted by Gasteiger charge is 2.32. The van der Waals surface area contributed by atoms with E-state index in [1.807, 2.05) is 0 Å². The minimum atomic E-state index is -0.818. The summed E-state index contributed by atoms with van der Waals surface area (Å²) in [5, 5.41) is 13.1. The van der Waals surface area contributed by atoms with Crippen LogP contribution in [0.5, 0.6) is 0 Å². The average Bonchev–Trinajstić information content (AvgIpc) is 2.46. The number of amides is 1. The second-order valence-corrected chi connectivity index (χ2v) is 5.62. The Labute approximate surface area is 118 Å². The van der Waals surface area contributed by atoms with Crippen LogP contribution >= 0.6 is 0 Å². The molecule has 1 aliphatic rings. The van der Waals surface area contributed by atoms with Gasteiger partial charge in [0.2, 0.25) is 0 Å². The zero-order chi connectivity index (χ0) is 14.6.